The number of nitrogens with zero attached hydrogens (tertiary/aromatic N) is 1. The van der Waals surface area contributed by atoms with Gasteiger partial charge in [-0.3, -0.25) is 4.79 Å². The number of hydrogen-bond donors (Lipinski definition) is 1. The van der Waals surface area contributed by atoms with Crippen LogP contribution < -0.4 is 10.5 Å². The van der Waals surface area contributed by atoms with Crippen LogP contribution in [0, 0.1) is 0 Å². The Morgan fingerprint density at radius 1 is 1.04 bits per heavy atom. The maximum absolute atomic E-state index is 12.1. The number of oxazole rings is 1. The summed E-state index contributed by atoms with van der Waals surface area (Å²) in [6.07, 6.45) is 1.45. The number of esters is 1. The molecule has 3 aromatic rings. The second kappa shape index (κ2) is 7.98. The molecular formula is C19H16N2O5. The van der Waals surface area contributed by atoms with Crippen molar-refractivity contribution in [3.8, 4) is 17.2 Å². The molecule has 0 aliphatic carbocycles. The first-order valence-corrected chi connectivity index (χ1v) is 7.80. The van der Waals surface area contributed by atoms with Crippen LogP contribution in [0.15, 0.2) is 65.3 Å². The summed E-state index contributed by atoms with van der Waals surface area (Å²) < 4.78 is 15.7. The van der Waals surface area contributed by atoms with Crippen molar-refractivity contribution in [2.45, 2.75) is 6.61 Å². The Balaban J connectivity index is 1.55. The molecule has 0 aliphatic rings. The van der Waals surface area contributed by atoms with Gasteiger partial charge in [0.1, 0.15) is 24.3 Å². The van der Waals surface area contributed by atoms with Gasteiger partial charge in [-0.25, -0.2) is 9.78 Å². The molecule has 0 saturated carbocycles. The van der Waals surface area contributed by atoms with Gasteiger partial charge in [-0.05, 0) is 36.4 Å². The molecule has 0 aliphatic heterocycles. The van der Waals surface area contributed by atoms with E-state index in [2.05, 4.69) is 4.98 Å². The highest BCUT2D eigenvalue weighted by Gasteiger charge is 2.11. The van der Waals surface area contributed by atoms with E-state index in [0.29, 0.717) is 22.9 Å². The highest BCUT2D eigenvalue weighted by molar-refractivity contribution is 5.89. The molecule has 1 aromatic heterocycles. The minimum Gasteiger partial charge on any atom is -0.484 e. The zero-order chi connectivity index (χ0) is 18.4. The summed E-state index contributed by atoms with van der Waals surface area (Å²) >= 11 is 0. The van der Waals surface area contributed by atoms with Crippen LogP contribution in [0.5, 0.6) is 5.75 Å². The third-order valence-corrected chi connectivity index (χ3v) is 3.39. The van der Waals surface area contributed by atoms with Gasteiger partial charge in [0.2, 0.25) is 5.89 Å². The summed E-state index contributed by atoms with van der Waals surface area (Å²) in [6.45, 7) is -0.227. The molecule has 1 amide bonds. The first kappa shape index (κ1) is 17.2. The number of aromatic nitrogens is 1. The second-order valence-corrected chi connectivity index (χ2v) is 5.37. The minimum absolute atomic E-state index is 0.00487. The Labute approximate surface area is 149 Å². The van der Waals surface area contributed by atoms with Crippen molar-refractivity contribution in [2.24, 2.45) is 5.73 Å². The van der Waals surface area contributed by atoms with Gasteiger partial charge < -0.3 is 19.6 Å². The topological polar surface area (TPSA) is 105 Å². The molecule has 0 radical (unpaired) electrons. The molecule has 1 heterocycles. The average molecular weight is 352 g/mol. The summed E-state index contributed by atoms with van der Waals surface area (Å²) in [5.41, 5.74) is 6.71. The second-order valence-electron chi connectivity index (χ2n) is 5.37. The zero-order valence-electron chi connectivity index (χ0n) is 13.8. The summed E-state index contributed by atoms with van der Waals surface area (Å²) in [6, 6.07) is 15.6. The standard InChI is InChI=1S/C19H16N2O5/c20-17(22)12-24-16-8-6-14(7-9-16)19(23)26-11-15-10-25-18(21-15)13-4-2-1-3-5-13/h1-10H,11-12H2,(H2,20,22). The van der Waals surface area contributed by atoms with E-state index in [4.69, 9.17) is 19.6 Å². The van der Waals surface area contributed by atoms with Gasteiger partial charge >= 0.3 is 5.97 Å². The van der Waals surface area contributed by atoms with Crippen LogP contribution in [-0.2, 0) is 16.1 Å². The lowest BCUT2D eigenvalue weighted by atomic mass is 10.2. The molecule has 0 bridgehead atoms. The van der Waals surface area contributed by atoms with E-state index >= 15 is 0 Å². The van der Waals surface area contributed by atoms with Gasteiger partial charge in [0.05, 0.1) is 5.56 Å². The Hall–Kier alpha value is -3.61. The lowest BCUT2D eigenvalue weighted by molar-refractivity contribution is -0.119. The summed E-state index contributed by atoms with van der Waals surface area (Å²) in [7, 11) is 0. The predicted molar refractivity (Wildman–Crippen MR) is 92.2 cm³/mol. The molecule has 0 fully saturated rings. The number of hydrogen-bond acceptors (Lipinski definition) is 6. The lowest BCUT2D eigenvalue weighted by Gasteiger charge is -2.05. The first-order valence-electron chi connectivity index (χ1n) is 7.80. The van der Waals surface area contributed by atoms with Gasteiger partial charge in [-0.15, -0.1) is 0 Å². The monoisotopic (exact) mass is 352 g/mol. The predicted octanol–water partition coefficient (Wildman–Crippen LogP) is 2.56. The fourth-order valence-electron chi connectivity index (χ4n) is 2.15. The van der Waals surface area contributed by atoms with Crippen molar-refractivity contribution >= 4 is 11.9 Å². The van der Waals surface area contributed by atoms with E-state index in [1.807, 2.05) is 30.3 Å². The van der Waals surface area contributed by atoms with Gasteiger partial charge in [0, 0.05) is 5.56 Å². The average Bonchev–Trinajstić information content (AvgIpc) is 3.14. The van der Waals surface area contributed by atoms with Gasteiger partial charge in [-0.1, -0.05) is 18.2 Å². The van der Waals surface area contributed by atoms with Gasteiger partial charge in [0.25, 0.3) is 5.91 Å². The van der Waals surface area contributed by atoms with Crippen LogP contribution in [0.1, 0.15) is 16.1 Å². The lowest BCUT2D eigenvalue weighted by Crippen LogP contribution is -2.20. The number of amides is 1. The van der Waals surface area contributed by atoms with Gasteiger partial charge in [-0.2, -0.15) is 0 Å². The van der Waals surface area contributed by atoms with Crippen molar-refractivity contribution in [3.05, 3.63) is 72.1 Å². The van der Waals surface area contributed by atoms with Crippen molar-refractivity contribution in [2.75, 3.05) is 6.61 Å². The molecule has 132 valence electrons. The summed E-state index contributed by atoms with van der Waals surface area (Å²) in [5.74, 6) is -0.177. The smallest absolute Gasteiger partial charge is 0.338 e. The van der Waals surface area contributed by atoms with E-state index in [1.54, 1.807) is 12.1 Å². The number of rotatable bonds is 7. The quantitative estimate of drug-likeness (QED) is 0.655. The van der Waals surface area contributed by atoms with E-state index < -0.39 is 11.9 Å². The third-order valence-electron chi connectivity index (χ3n) is 3.39. The van der Waals surface area contributed by atoms with Crippen molar-refractivity contribution in [1.82, 2.24) is 4.98 Å². The number of ether oxygens (including phenoxy) is 2. The maximum atomic E-state index is 12.1. The fourth-order valence-corrected chi connectivity index (χ4v) is 2.15. The van der Waals surface area contributed by atoms with Crippen LogP contribution in [-0.4, -0.2) is 23.5 Å². The first-order chi connectivity index (χ1) is 12.6. The van der Waals surface area contributed by atoms with Crippen LogP contribution in [0.25, 0.3) is 11.5 Å². The number of carbonyl (C=O) groups is 2. The summed E-state index contributed by atoms with van der Waals surface area (Å²) in [5, 5.41) is 0. The Morgan fingerprint density at radius 2 is 1.77 bits per heavy atom. The van der Waals surface area contributed by atoms with E-state index in [-0.39, 0.29) is 13.2 Å². The van der Waals surface area contributed by atoms with Crippen LogP contribution in [0.2, 0.25) is 0 Å². The molecule has 0 atom stereocenters. The molecule has 7 heteroatoms. The largest absolute Gasteiger partial charge is 0.484 e. The van der Waals surface area contributed by atoms with Crippen LogP contribution in [0.3, 0.4) is 0 Å². The van der Waals surface area contributed by atoms with E-state index in [0.717, 1.165) is 5.56 Å². The third kappa shape index (κ3) is 4.47. The van der Waals surface area contributed by atoms with Crippen molar-refractivity contribution < 1.29 is 23.5 Å². The van der Waals surface area contributed by atoms with Crippen LogP contribution >= 0.6 is 0 Å². The SMILES string of the molecule is NC(=O)COc1ccc(C(=O)OCc2coc(-c3ccccc3)n2)cc1. The molecule has 0 unspecified atom stereocenters. The van der Waals surface area contributed by atoms with Crippen molar-refractivity contribution in [3.63, 3.8) is 0 Å². The molecule has 26 heavy (non-hydrogen) atoms. The molecule has 7 nitrogen and oxygen atoms in total. The number of primary amides is 1. The molecule has 3 rings (SSSR count). The maximum Gasteiger partial charge on any atom is 0.338 e. The zero-order valence-corrected chi connectivity index (χ0v) is 13.8. The minimum atomic E-state index is -0.573. The Kier molecular flexibility index (Phi) is 5.28. The van der Waals surface area contributed by atoms with E-state index in [1.165, 1.54) is 18.4 Å². The van der Waals surface area contributed by atoms with Crippen LogP contribution in [0.4, 0.5) is 0 Å². The molecule has 0 spiro atoms. The number of nitrogens with two attached hydrogens (primary N) is 1. The highest BCUT2D eigenvalue weighted by atomic mass is 16.5. The Bertz CT molecular complexity index is 888. The van der Waals surface area contributed by atoms with Crippen molar-refractivity contribution in [1.29, 1.82) is 0 Å². The highest BCUT2D eigenvalue weighted by Crippen LogP contribution is 2.19. The van der Waals surface area contributed by atoms with Gasteiger partial charge in [0.15, 0.2) is 6.61 Å². The number of benzene rings is 2. The fraction of sp³-hybridized carbons (Fsp3) is 0.105. The van der Waals surface area contributed by atoms with E-state index in [9.17, 15) is 9.59 Å². The normalized spacial score (nSPS) is 10.3. The number of carbonyl (C=O) groups excluding carboxylic acids is 2. The molecule has 2 aromatic carbocycles. The Morgan fingerprint density at radius 3 is 2.46 bits per heavy atom. The summed E-state index contributed by atoms with van der Waals surface area (Å²) in [4.78, 5) is 27.0. The molecule has 2 N–H and O–H groups in total. The molecular weight excluding hydrogens is 336 g/mol. The molecule has 0 saturated heterocycles.